The molecule has 0 aromatic heterocycles. The molecular weight excluding hydrogens is 322 g/mol. The van der Waals surface area contributed by atoms with E-state index in [9.17, 15) is 34.8 Å². The van der Waals surface area contributed by atoms with Crippen molar-refractivity contribution in [1.82, 2.24) is 0 Å². The van der Waals surface area contributed by atoms with Gasteiger partial charge in [-0.25, -0.2) is 8.42 Å². The van der Waals surface area contributed by atoms with Gasteiger partial charge in [0, 0.05) is 10.7 Å². The van der Waals surface area contributed by atoms with Crippen LogP contribution in [0.5, 0.6) is 0 Å². The smallest absolute Gasteiger partial charge is 0.211 e. The van der Waals surface area contributed by atoms with Crippen molar-refractivity contribution in [3.05, 3.63) is 35.4 Å². The molecule has 0 aliphatic rings. The molecule has 0 heterocycles. The summed E-state index contributed by atoms with van der Waals surface area (Å²) in [6, 6.07) is 1.93. The molecule has 0 fully saturated rings. The summed E-state index contributed by atoms with van der Waals surface area (Å²) in [5.41, 5.74) is -2.48. The molecule has 1 aromatic rings. The van der Waals surface area contributed by atoms with Gasteiger partial charge in [-0.1, -0.05) is 18.2 Å². The largest absolute Gasteiger partial charge is 0.416 e. The maximum Gasteiger partial charge on any atom is 0.416 e. The molecular formula is C9H5ClF6O2S. The van der Waals surface area contributed by atoms with Gasteiger partial charge in [0.15, 0.2) is 5.25 Å². The van der Waals surface area contributed by atoms with Gasteiger partial charge in [0.1, 0.15) is 0 Å². The summed E-state index contributed by atoms with van der Waals surface area (Å²) in [5, 5.41) is -3.20. The van der Waals surface area contributed by atoms with Gasteiger partial charge in [-0.2, -0.15) is 26.3 Å². The van der Waals surface area contributed by atoms with Crippen LogP contribution in [0, 0.1) is 0 Å². The first-order valence-corrected chi connectivity index (χ1v) is 6.88. The third-order valence-electron chi connectivity index (χ3n) is 2.10. The van der Waals surface area contributed by atoms with Crippen molar-refractivity contribution in [3.8, 4) is 0 Å². The van der Waals surface area contributed by atoms with Crippen molar-refractivity contribution < 1.29 is 34.8 Å². The van der Waals surface area contributed by atoms with E-state index in [4.69, 9.17) is 0 Å². The molecule has 0 saturated heterocycles. The van der Waals surface area contributed by atoms with Gasteiger partial charge in [-0.3, -0.25) is 0 Å². The zero-order chi connectivity index (χ0) is 15.1. The van der Waals surface area contributed by atoms with Crippen LogP contribution < -0.4 is 0 Å². The van der Waals surface area contributed by atoms with E-state index in [0.717, 1.165) is 0 Å². The molecule has 108 valence electrons. The normalized spacial score (nSPS) is 15.3. The van der Waals surface area contributed by atoms with E-state index in [1.54, 1.807) is 0 Å². The lowest BCUT2D eigenvalue weighted by atomic mass is 10.1. The molecule has 0 bridgehead atoms. The highest BCUT2D eigenvalue weighted by Crippen LogP contribution is 2.42. The van der Waals surface area contributed by atoms with Crippen LogP contribution in [0.4, 0.5) is 26.3 Å². The van der Waals surface area contributed by atoms with E-state index >= 15 is 0 Å². The van der Waals surface area contributed by atoms with Gasteiger partial charge in [-0.05, 0) is 11.6 Å². The summed E-state index contributed by atoms with van der Waals surface area (Å²) in [6.45, 7) is 0. The van der Waals surface area contributed by atoms with Gasteiger partial charge in [0.2, 0.25) is 9.05 Å². The van der Waals surface area contributed by atoms with Crippen molar-refractivity contribution >= 4 is 19.7 Å². The Hall–Kier alpha value is -0.960. The predicted molar refractivity (Wildman–Crippen MR) is 55.0 cm³/mol. The highest BCUT2D eigenvalue weighted by Gasteiger charge is 2.49. The predicted octanol–water partition coefficient (Wildman–Crippen LogP) is 3.88. The van der Waals surface area contributed by atoms with Crippen molar-refractivity contribution in [2.45, 2.75) is 17.6 Å². The van der Waals surface area contributed by atoms with Gasteiger partial charge >= 0.3 is 12.4 Å². The molecule has 1 rings (SSSR count). The molecule has 0 spiro atoms. The van der Waals surface area contributed by atoms with Gasteiger partial charge in [-0.15, -0.1) is 0 Å². The second kappa shape index (κ2) is 4.86. The maximum atomic E-state index is 12.6. The molecule has 19 heavy (non-hydrogen) atoms. The first kappa shape index (κ1) is 16.1. The molecule has 1 atom stereocenters. The molecule has 1 unspecified atom stereocenters. The number of rotatable bonds is 2. The van der Waals surface area contributed by atoms with Crippen molar-refractivity contribution in [2.24, 2.45) is 0 Å². The second-order valence-electron chi connectivity index (χ2n) is 3.52. The van der Waals surface area contributed by atoms with E-state index < -0.39 is 37.8 Å². The Morgan fingerprint density at radius 3 is 1.95 bits per heavy atom. The number of alkyl halides is 6. The van der Waals surface area contributed by atoms with Crippen LogP contribution in [0.25, 0.3) is 0 Å². The Morgan fingerprint density at radius 2 is 1.58 bits per heavy atom. The Kier molecular flexibility index (Phi) is 4.12. The lowest BCUT2D eigenvalue weighted by Crippen LogP contribution is -2.26. The quantitative estimate of drug-likeness (QED) is 0.610. The van der Waals surface area contributed by atoms with E-state index in [0.29, 0.717) is 18.2 Å². The SMILES string of the molecule is O=S(=O)(Cl)C(c1cccc(C(F)(F)F)c1)C(F)(F)F. The molecule has 0 N–H and O–H groups in total. The topological polar surface area (TPSA) is 34.1 Å². The molecule has 10 heteroatoms. The summed E-state index contributed by atoms with van der Waals surface area (Å²) in [5.74, 6) is 0. The lowest BCUT2D eigenvalue weighted by molar-refractivity contribution is -0.139. The first-order chi connectivity index (χ1) is 8.33. The molecule has 0 aliphatic carbocycles. The highest BCUT2D eigenvalue weighted by molar-refractivity contribution is 8.14. The van der Waals surface area contributed by atoms with Crippen molar-refractivity contribution in [1.29, 1.82) is 0 Å². The average Bonchev–Trinajstić information content (AvgIpc) is 2.11. The minimum absolute atomic E-state index is 0.109. The molecule has 0 radical (unpaired) electrons. The monoisotopic (exact) mass is 326 g/mol. The van der Waals surface area contributed by atoms with Crippen LogP contribution in [0.2, 0.25) is 0 Å². The van der Waals surface area contributed by atoms with Crippen LogP contribution in [0.3, 0.4) is 0 Å². The van der Waals surface area contributed by atoms with E-state index in [1.807, 2.05) is 0 Å². The van der Waals surface area contributed by atoms with Crippen LogP contribution >= 0.6 is 10.7 Å². The number of benzene rings is 1. The molecule has 1 aromatic carbocycles. The van der Waals surface area contributed by atoms with Gasteiger partial charge in [0.05, 0.1) is 5.56 Å². The minimum atomic E-state index is -5.31. The Bertz CT molecular complexity index is 563. The fourth-order valence-corrected chi connectivity index (χ4v) is 2.79. The third-order valence-corrected chi connectivity index (χ3v) is 3.73. The number of halogens is 7. The molecule has 0 aliphatic heterocycles. The zero-order valence-electron chi connectivity index (χ0n) is 8.76. The Morgan fingerprint density at radius 1 is 1.05 bits per heavy atom. The van der Waals surface area contributed by atoms with Gasteiger partial charge < -0.3 is 0 Å². The minimum Gasteiger partial charge on any atom is -0.211 e. The number of hydrogen-bond donors (Lipinski definition) is 0. The molecule has 0 saturated carbocycles. The lowest BCUT2D eigenvalue weighted by Gasteiger charge is -2.18. The van der Waals surface area contributed by atoms with Crippen molar-refractivity contribution in [2.75, 3.05) is 0 Å². The first-order valence-electron chi connectivity index (χ1n) is 4.51. The second-order valence-corrected chi connectivity index (χ2v) is 6.23. The standard InChI is InChI=1S/C9H5ClF6O2S/c10-19(17,18)7(9(14,15)16)5-2-1-3-6(4-5)8(11,12)13/h1-4,7H. The maximum absolute atomic E-state index is 12.6. The van der Waals surface area contributed by atoms with E-state index in [1.165, 1.54) is 0 Å². The molecule has 2 nitrogen and oxygen atoms in total. The summed E-state index contributed by atoms with van der Waals surface area (Å²) in [6.07, 6.45) is -10.2. The number of hydrogen-bond acceptors (Lipinski definition) is 2. The van der Waals surface area contributed by atoms with Crippen molar-refractivity contribution in [3.63, 3.8) is 0 Å². The van der Waals surface area contributed by atoms with Crippen LogP contribution in [-0.2, 0) is 15.2 Å². The van der Waals surface area contributed by atoms with E-state index in [-0.39, 0.29) is 6.07 Å². The van der Waals surface area contributed by atoms with Gasteiger partial charge in [0.25, 0.3) is 0 Å². The fraction of sp³-hybridized carbons (Fsp3) is 0.333. The summed E-state index contributed by atoms with van der Waals surface area (Å²) < 4.78 is 96.6. The van der Waals surface area contributed by atoms with Crippen LogP contribution in [0.1, 0.15) is 16.4 Å². The Balaban J connectivity index is 3.42. The van der Waals surface area contributed by atoms with E-state index in [2.05, 4.69) is 10.7 Å². The summed E-state index contributed by atoms with van der Waals surface area (Å²) in [4.78, 5) is 0. The fourth-order valence-electron chi connectivity index (χ4n) is 1.39. The molecule has 0 amide bonds. The highest BCUT2D eigenvalue weighted by atomic mass is 35.7. The average molecular weight is 327 g/mol. The zero-order valence-corrected chi connectivity index (χ0v) is 10.3. The van der Waals surface area contributed by atoms with Crippen LogP contribution in [-0.4, -0.2) is 14.6 Å². The summed E-state index contributed by atoms with van der Waals surface area (Å²) >= 11 is 0. The third kappa shape index (κ3) is 4.00. The summed E-state index contributed by atoms with van der Waals surface area (Å²) in [7, 11) is -0.502. The Labute approximate surface area is 108 Å². The van der Waals surface area contributed by atoms with Crippen LogP contribution in [0.15, 0.2) is 24.3 Å².